The summed E-state index contributed by atoms with van der Waals surface area (Å²) in [4.78, 5) is 15.7. The Balaban J connectivity index is 2.42. The van der Waals surface area contributed by atoms with Crippen LogP contribution in [0.2, 0.25) is 0 Å². The van der Waals surface area contributed by atoms with E-state index in [1.54, 1.807) is 0 Å². The van der Waals surface area contributed by atoms with Crippen LogP contribution in [0, 0.1) is 0 Å². The smallest absolute Gasteiger partial charge is 0.347 e. The van der Waals surface area contributed by atoms with E-state index in [9.17, 15) is 13.6 Å². The quantitative estimate of drug-likeness (QED) is 0.899. The Morgan fingerprint density at radius 3 is 2.25 bits per heavy atom. The number of hydrogen-bond donors (Lipinski definition) is 1. The highest BCUT2D eigenvalue weighted by atomic mass is 32.1. The SMILES string of the molecule is CC(C)c1nc(-c2ccc(C(F)F)cc2)sc1C(=O)O. The Hall–Kier alpha value is -1.82. The van der Waals surface area contributed by atoms with Crippen LogP contribution in [0.25, 0.3) is 10.6 Å². The van der Waals surface area contributed by atoms with Crippen molar-refractivity contribution in [2.45, 2.75) is 26.2 Å². The molecule has 0 amide bonds. The second-order valence-electron chi connectivity index (χ2n) is 4.62. The third-order valence-electron chi connectivity index (χ3n) is 2.80. The number of nitrogens with zero attached hydrogens (tertiary/aromatic N) is 1. The molecule has 106 valence electrons. The number of benzene rings is 1. The Morgan fingerprint density at radius 2 is 1.85 bits per heavy atom. The Morgan fingerprint density at radius 1 is 1.25 bits per heavy atom. The summed E-state index contributed by atoms with van der Waals surface area (Å²) in [6.45, 7) is 3.73. The number of carbonyl (C=O) groups is 1. The van der Waals surface area contributed by atoms with Crippen LogP contribution in [-0.4, -0.2) is 16.1 Å². The van der Waals surface area contributed by atoms with E-state index in [-0.39, 0.29) is 16.4 Å². The maximum atomic E-state index is 12.5. The molecule has 1 aromatic heterocycles. The van der Waals surface area contributed by atoms with E-state index < -0.39 is 12.4 Å². The topological polar surface area (TPSA) is 50.2 Å². The Labute approximate surface area is 118 Å². The lowest BCUT2D eigenvalue weighted by Gasteiger charge is -2.01. The van der Waals surface area contributed by atoms with E-state index in [0.717, 1.165) is 11.3 Å². The zero-order valence-corrected chi connectivity index (χ0v) is 11.7. The maximum Gasteiger partial charge on any atom is 0.347 e. The van der Waals surface area contributed by atoms with Crippen molar-refractivity contribution in [2.75, 3.05) is 0 Å². The second-order valence-corrected chi connectivity index (χ2v) is 5.62. The van der Waals surface area contributed by atoms with Crippen molar-refractivity contribution in [1.82, 2.24) is 4.98 Å². The molecule has 0 saturated heterocycles. The van der Waals surface area contributed by atoms with Crippen LogP contribution in [0.5, 0.6) is 0 Å². The lowest BCUT2D eigenvalue weighted by molar-refractivity contribution is 0.0700. The van der Waals surface area contributed by atoms with Crippen LogP contribution >= 0.6 is 11.3 Å². The molecular weight excluding hydrogens is 284 g/mol. The van der Waals surface area contributed by atoms with E-state index >= 15 is 0 Å². The number of carboxylic acid groups (broad SMARTS) is 1. The van der Waals surface area contributed by atoms with E-state index in [0.29, 0.717) is 16.3 Å². The average Bonchev–Trinajstić information content (AvgIpc) is 2.84. The summed E-state index contributed by atoms with van der Waals surface area (Å²) in [5.74, 6) is -1.02. The van der Waals surface area contributed by atoms with E-state index in [1.807, 2.05) is 13.8 Å². The first-order valence-corrected chi connectivity index (χ1v) is 6.84. The fraction of sp³-hybridized carbons (Fsp3) is 0.286. The fourth-order valence-corrected chi connectivity index (χ4v) is 2.84. The predicted octanol–water partition coefficient (Wildman–Crippen LogP) is 4.57. The van der Waals surface area contributed by atoms with Gasteiger partial charge in [0.25, 0.3) is 6.43 Å². The molecule has 1 aromatic carbocycles. The molecule has 0 spiro atoms. The van der Waals surface area contributed by atoms with Gasteiger partial charge in [-0.1, -0.05) is 38.1 Å². The standard InChI is InChI=1S/C14H13F2NO2S/c1-7(2)10-11(14(18)19)20-13(17-10)9-5-3-8(4-6-9)12(15)16/h3-7,12H,1-2H3,(H,18,19). The van der Waals surface area contributed by atoms with E-state index in [2.05, 4.69) is 4.98 Å². The molecule has 0 bridgehead atoms. The van der Waals surface area contributed by atoms with Gasteiger partial charge in [0.1, 0.15) is 9.88 Å². The average molecular weight is 297 g/mol. The van der Waals surface area contributed by atoms with Gasteiger partial charge in [0.2, 0.25) is 0 Å². The molecule has 3 nitrogen and oxygen atoms in total. The first kappa shape index (κ1) is 14.6. The lowest BCUT2D eigenvalue weighted by Crippen LogP contribution is -2.00. The van der Waals surface area contributed by atoms with Crippen molar-refractivity contribution in [1.29, 1.82) is 0 Å². The minimum atomic E-state index is -2.51. The molecule has 20 heavy (non-hydrogen) atoms. The van der Waals surface area contributed by atoms with Crippen molar-refractivity contribution in [3.63, 3.8) is 0 Å². The molecular formula is C14H13F2NO2S. The Kier molecular flexibility index (Phi) is 4.13. The molecule has 0 aliphatic carbocycles. The minimum Gasteiger partial charge on any atom is -0.477 e. The van der Waals surface area contributed by atoms with Crippen LogP contribution in [0.4, 0.5) is 8.78 Å². The fourth-order valence-electron chi connectivity index (χ4n) is 1.77. The number of aromatic nitrogens is 1. The maximum absolute atomic E-state index is 12.5. The summed E-state index contributed by atoms with van der Waals surface area (Å²) in [6, 6.07) is 5.74. The largest absolute Gasteiger partial charge is 0.477 e. The van der Waals surface area contributed by atoms with Gasteiger partial charge >= 0.3 is 5.97 Å². The minimum absolute atomic E-state index is 0.00793. The number of aromatic carboxylic acids is 1. The molecule has 2 aromatic rings. The molecule has 6 heteroatoms. The summed E-state index contributed by atoms with van der Waals surface area (Å²) in [6.07, 6.45) is -2.51. The summed E-state index contributed by atoms with van der Waals surface area (Å²) in [5, 5.41) is 9.70. The number of hydrogen-bond acceptors (Lipinski definition) is 3. The van der Waals surface area contributed by atoms with Crippen LogP contribution in [0.1, 0.15) is 47.1 Å². The number of rotatable bonds is 4. The van der Waals surface area contributed by atoms with Crippen molar-refractivity contribution in [3.8, 4) is 10.6 Å². The molecule has 0 unspecified atom stereocenters. The van der Waals surface area contributed by atoms with Gasteiger partial charge in [-0.15, -0.1) is 11.3 Å². The van der Waals surface area contributed by atoms with Crippen molar-refractivity contribution < 1.29 is 18.7 Å². The van der Waals surface area contributed by atoms with E-state index in [4.69, 9.17) is 5.11 Å². The lowest BCUT2D eigenvalue weighted by atomic mass is 10.1. The number of alkyl halides is 2. The van der Waals surface area contributed by atoms with Gasteiger partial charge in [-0.25, -0.2) is 18.6 Å². The predicted molar refractivity (Wildman–Crippen MR) is 73.6 cm³/mol. The third-order valence-corrected chi connectivity index (χ3v) is 3.91. The highest BCUT2D eigenvalue weighted by molar-refractivity contribution is 7.17. The molecule has 1 heterocycles. The van der Waals surface area contributed by atoms with Crippen LogP contribution < -0.4 is 0 Å². The number of thiazole rings is 1. The highest BCUT2D eigenvalue weighted by Crippen LogP contribution is 2.32. The number of halogens is 2. The first-order valence-electron chi connectivity index (χ1n) is 6.02. The Bertz CT molecular complexity index is 621. The number of carboxylic acids is 1. The molecule has 0 saturated carbocycles. The van der Waals surface area contributed by atoms with Gasteiger partial charge in [0.15, 0.2) is 0 Å². The summed E-state index contributed by atoms with van der Waals surface area (Å²) in [7, 11) is 0. The monoisotopic (exact) mass is 297 g/mol. The van der Waals surface area contributed by atoms with Gasteiger partial charge in [0.05, 0.1) is 5.69 Å². The molecule has 0 aliphatic rings. The highest BCUT2D eigenvalue weighted by Gasteiger charge is 2.20. The molecule has 0 fully saturated rings. The first-order chi connectivity index (χ1) is 9.40. The zero-order valence-electron chi connectivity index (χ0n) is 10.9. The van der Waals surface area contributed by atoms with Crippen LogP contribution in [0.15, 0.2) is 24.3 Å². The van der Waals surface area contributed by atoms with Crippen LogP contribution in [-0.2, 0) is 0 Å². The van der Waals surface area contributed by atoms with Crippen molar-refractivity contribution in [3.05, 3.63) is 40.4 Å². The molecule has 1 N–H and O–H groups in total. The van der Waals surface area contributed by atoms with Crippen LogP contribution in [0.3, 0.4) is 0 Å². The van der Waals surface area contributed by atoms with Gasteiger partial charge < -0.3 is 5.11 Å². The van der Waals surface area contributed by atoms with Gasteiger partial charge in [0, 0.05) is 11.1 Å². The molecule has 2 rings (SSSR count). The summed E-state index contributed by atoms with van der Waals surface area (Å²) >= 11 is 1.07. The zero-order chi connectivity index (χ0) is 14.9. The summed E-state index contributed by atoms with van der Waals surface area (Å²) < 4.78 is 25.0. The molecule has 0 atom stereocenters. The molecule has 0 radical (unpaired) electrons. The molecule has 0 aliphatic heterocycles. The van der Waals surface area contributed by atoms with Gasteiger partial charge in [-0.05, 0) is 5.92 Å². The normalized spacial score (nSPS) is 11.3. The van der Waals surface area contributed by atoms with Gasteiger partial charge in [-0.3, -0.25) is 0 Å². The van der Waals surface area contributed by atoms with E-state index in [1.165, 1.54) is 24.3 Å². The van der Waals surface area contributed by atoms with Crippen molar-refractivity contribution >= 4 is 17.3 Å². The third kappa shape index (κ3) is 2.85. The van der Waals surface area contributed by atoms with Crippen molar-refractivity contribution in [2.24, 2.45) is 0 Å². The summed E-state index contributed by atoms with van der Waals surface area (Å²) in [5.41, 5.74) is 1.11. The second kappa shape index (κ2) is 5.66. The van der Waals surface area contributed by atoms with Gasteiger partial charge in [-0.2, -0.15) is 0 Å².